The van der Waals surface area contributed by atoms with Crippen LogP contribution >= 0.6 is 11.8 Å². The van der Waals surface area contributed by atoms with E-state index in [1.54, 1.807) is 0 Å². The summed E-state index contributed by atoms with van der Waals surface area (Å²) in [5, 5.41) is 0. The minimum atomic E-state index is 0.249. The third-order valence-electron chi connectivity index (χ3n) is 3.31. The second-order valence-electron chi connectivity index (χ2n) is 5.03. The van der Waals surface area contributed by atoms with Crippen molar-refractivity contribution in [1.29, 1.82) is 0 Å². The maximum absolute atomic E-state index is 5.96. The molecule has 0 aliphatic rings. The topological polar surface area (TPSA) is 35.2 Å². The first-order chi connectivity index (χ1) is 10.3. The van der Waals surface area contributed by atoms with Crippen molar-refractivity contribution in [2.75, 3.05) is 12.4 Å². The summed E-state index contributed by atoms with van der Waals surface area (Å²) < 4.78 is 5.76. The molecule has 0 saturated heterocycles. The first kappa shape index (κ1) is 15.9. The first-order valence-corrected chi connectivity index (χ1v) is 8.41. The van der Waals surface area contributed by atoms with E-state index in [4.69, 9.17) is 10.5 Å². The van der Waals surface area contributed by atoms with Crippen LogP contribution in [0.15, 0.2) is 59.5 Å². The summed E-state index contributed by atoms with van der Waals surface area (Å²) in [5.41, 5.74) is 7.24. The van der Waals surface area contributed by atoms with Crippen LogP contribution in [0.5, 0.6) is 5.75 Å². The molecule has 0 fully saturated rings. The molecule has 0 heterocycles. The van der Waals surface area contributed by atoms with Gasteiger partial charge in [-0.2, -0.15) is 0 Å². The van der Waals surface area contributed by atoms with Crippen LogP contribution in [0.1, 0.15) is 18.9 Å². The van der Waals surface area contributed by atoms with E-state index in [9.17, 15) is 0 Å². The van der Waals surface area contributed by atoms with Crippen LogP contribution in [0.25, 0.3) is 0 Å². The van der Waals surface area contributed by atoms with Gasteiger partial charge in [0.1, 0.15) is 5.75 Å². The molecule has 2 N–H and O–H groups in total. The van der Waals surface area contributed by atoms with Crippen LogP contribution in [-0.4, -0.2) is 18.4 Å². The number of ether oxygens (including phenoxy) is 1. The summed E-state index contributed by atoms with van der Waals surface area (Å²) >= 11 is 1.81. The van der Waals surface area contributed by atoms with E-state index in [2.05, 4.69) is 43.3 Å². The van der Waals surface area contributed by atoms with Gasteiger partial charge in [0, 0.05) is 16.7 Å². The molecule has 0 bridgehead atoms. The van der Waals surface area contributed by atoms with Gasteiger partial charge in [0.25, 0.3) is 0 Å². The molecule has 1 atom stereocenters. The summed E-state index contributed by atoms with van der Waals surface area (Å²) in [6, 6.07) is 18.9. The van der Waals surface area contributed by atoms with Crippen molar-refractivity contribution in [2.45, 2.75) is 30.7 Å². The Morgan fingerprint density at radius 2 is 1.76 bits per heavy atom. The maximum atomic E-state index is 5.96. The molecule has 2 aromatic rings. The number of thioether (sulfide) groups is 1. The Labute approximate surface area is 131 Å². The van der Waals surface area contributed by atoms with Crippen molar-refractivity contribution in [2.24, 2.45) is 5.73 Å². The van der Waals surface area contributed by atoms with Crippen LogP contribution in [-0.2, 0) is 6.42 Å². The van der Waals surface area contributed by atoms with Crippen LogP contribution in [0.3, 0.4) is 0 Å². The predicted molar refractivity (Wildman–Crippen MR) is 91.1 cm³/mol. The third-order valence-corrected chi connectivity index (χ3v) is 4.29. The normalized spacial score (nSPS) is 12.1. The van der Waals surface area contributed by atoms with Crippen molar-refractivity contribution in [1.82, 2.24) is 0 Å². The van der Waals surface area contributed by atoms with Crippen LogP contribution in [0.4, 0.5) is 0 Å². The van der Waals surface area contributed by atoms with Gasteiger partial charge in [-0.3, -0.25) is 0 Å². The minimum Gasteiger partial charge on any atom is -0.493 e. The average Bonchev–Trinajstić information content (AvgIpc) is 2.54. The van der Waals surface area contributed by atoms with Gasteiger partial charge in [0.2, 0.25) is 0 Å². The summed E-state index contributed by atoms with van der Waals surface area (Å²) in [5.74, 6) is 1.88. The van der Waals surface area contributed by atoms with E-state index >= 15 is 0 Å². The highest BCUT2D eigenvalue weighted by Gasteiger charge is 2.02. The summed E-state index contributed by atoms with van der Waals surface area (Å²) in [6.45, 7) is 2.83. The molecule has 2 rings (SSSR count). The van der Waals surface area contributed by atoms with Gasteiger partial charge in [0.05, 0.1) is 6.61 Å². The molecular formula is C18H23NOS. The summed E-state index contributed by atoms with van der Waals surface area (Å²) in [6.07, 6.45) is 1.94. The van der Waals surface area contributed by atoms with Gasteiger partial charge < -0.3 is 10.5 Å². The van der Waals surface area contributed by atoms with E-state index in [0.717, 1.165) is 24.3 Å². The molecule has 0 aliphatic heterocycles. The van der Waals surface area contributed by atoms with Crippen molar-refractivity contribution in [3.8, 4) is 5.75 Å². The van der Waals surface area contributed by atoms with Gasteiger partial charge in [0.15, 0.2) is 0 Å². The van der Waals surface area contributed by atoms with Crippen molar-refractivity contribution in [3.05, 3.63) is 60.2 Å². The fraction of sp³-hybridized carbons (Fsp3) is 0.333. The van der Waals surface area contributed by atoms with Crippen LogP contribution < -0.4 is 10.5 Å². The molecule has 3 heteroatoms. The molecule has 2 aromatic carbocycles. The monoisotopic (exact) mass is 301 g/mol. The van der Waals surface area contributed by atoms with E-state index in [0.29, 0.717) is 6.61 Å². The third kappa shape index (κ3) is 5.82. The molecule has 0 saturated carbocycles. The average molecular weight is 301 g/mol. The molecule has 1 unspecified atom stereocenters. The number of hydrogen-bond acceptors (Lipinski definition) is 3. The van der Waals surface area contributed by atoms with Crippen molar-refractivity contribution in [3.63, 3.8) is 0 Å². The Kier molecular flexibility index (Phi) is 6.64. The highest BCUT2D eigenvalue weighted by molar-refractivity contribution is 7.99. The highest BCUT2D eigenvalue weighted by atomic mass is 32.2. The second-order valence-corrected chi connectivity index (χ2v) is 6.19. The molecule has 0 amide bonds. The zero-order valence-electron chi connectivity index (χ0n) is 12.5. The Morgan fingerprint density at radius 1 is 1.05 bits per heavy atom. The second kappa shape index (κ2) is 8.75. The Morgan fingerprint density at radius 3 is 2.43 bits per heavy atom. The van der Waals surface area contributed by atoms with E-state index in [1.807, 2.05) is 30.0 Å². The smallest absolute Gasteiger partial charge is 0.119 e. The molecule has 0 radical (unpaired) electrons. The molecule has 2 nitrogen and oxygen atoms in total. The maximum Gasteiger partial charge on any atom is 0.119 e. The first-order valence-electron chi connectivity index (χ1n) is 7.43. The lowest BCUT2D eigenvalue weighted by Crippen LogP contribution is -2.21. The molecular weight excluding hydrogens is 278 g/mol. The number of hydrogen-bond donors (Lipinski definition) is 1. The zero-order valence-corrected chi connectivity index (χ0v) is 13.3. The van der Waals surface area contributed by atoms with E-state index in [-0.39, 0.29) is 6.04 Å². The van der Waals surface area contributed by atoms with Gasteiger partial charge >= 0.3 is 0 Å². The van der Waals surface area contributed by atoms with Gasteiger partial charge in [-0.1, -0.05) is 37.3 Å². The van der Waals surface area contributed by atoms with Crippen molar-refractivity contribution < 1.29 is 4.74 Å². The number of benzene rings is 2. The quantitative estimate of drug-likeness (QED) is 0.588. The lowest BCUT2D eigenvalue weighted by atomic mass is 10.0. The standard InChI is InChI=1S/C18H23NOS/c1-2-16(19)14-15-8-10-17(11-9-15)20-12-13-21-18-6-4-3-5-7-18/h3-11,16H,2,12-14,19H2,1H3. The molecule has 21 heavy (non-hydrogen) atoms. The summed E-state index contributed by atoms with van der Waals surface area (Å²) in [7, 11) is 0. The van der Waals surface area contributed by atoms with Gasteiger partial charge in [-0.05, 0) is 42.7 Å². The minimum absolute atomic E-state index is 0.249. The largest absolute Gasteiger partial charge is 0.493 e. The Balaban J connectivity index is 1.71. The van der Waals surface area contributed by atoms with Gasteiger partial charge in [-0.15, -0.1) is 11.8 Å². The molecule has 0 aliphatic carbocycles. The van der Waals surface area contributed by atoms with Gasteiger partial charge in [-0.25, -0.2) is 0 Å². The molecule has 0 aromatic heterocycles. The number of nitrogens with two attached hydrogens (primary N) is 1. The van der Waals surface area contributed by atoms with Crippen LogP contribution in [0.2, 0.25) is 0 Å². The highest BCUT2D eigenvalue weighted by Crippen LogP contribution is 2.18. The van der Waals surface area contributed by atoms with E-state index < -0.39 is 0 Å². The lowest BCUT2D eigenvalue weighted by molar-refractivity contribution is 0.344. The summed E-state index contributed by atoms with van der Waals surface area (Å²) in [4.78, 5) is 1.28. The Bertz CT molecular complexity index is 513. The molecule has 112 valence electrons. The fourth-order valence-corrected chi connectivity index (χ4v) is 2.76. The van der Waals surface area contributed by atoms with E-state index in [1.165, 1.54) is 10.5 Å². The molecule has 0 spiro atoms. The lowest BCUT2D eigenvalue weighted by Gasteiger charge is -2.10. The fourth-order valence-electron chi connectivity index (χ4n) is 2.00. The predicted octanol–water partition coefficient (Wildman–Crippen LogP) is 4.14. The Hall–Kier alpha value is -1.45. The zero-order chi connectivity index (χ0) is 14.9. The van der Waals surface area contributed by atoms with Crippen molar-refractivity contribution >= 4 is 11.8 Å². The van der Waals surface area contributed by atoms with Crippen LogP contribution in [0, 0.1) is 0 Å². The number of rotatable bonds is 8. The SMILES string of the molecule is CCC(N)Cc1ccc(OCCSc2ccccc2)cc1.